The molecule has 0 aromatic heterocycles. The molecule has 0 N–H and O–H groups in total. The summed E-state index contributed by atoms with van der Waals surface area (Å²) in [5.41, 5.74) is 0.481. The first-order valence-electron chi connectivity index (χ1n) is 3.97. The highest BCUT2D eigenvalue weighted by atomic mass is 16.5. The van der Waals surface area contributed by atoms with E-state index in [1.807, 2.05) is 0 Å². The molecule has 0 aromatic carbocycles. The number of nitrogens with zero attached hydrogens (tertiary/aromatic N) is 1. The Morgan fingerprint density at radius 3 is 3.10 bits per heavy atom. The van der Waals surface area contributed by atoms with Gasteiger partial charge in [-0.1, -0.05) is 6.92 Å². The second kappa shape index (κ2) is 1.95. The molecule has 10 heavy (non-hydrogen) atoms. The van der Waals surface area contributed by atoms with E-state index in [0.717, 1.165) is 19.1 Å². The van der Waals surface area contributed by atoms with Crippen molar-refractivity contribution in [1.29, 1.82) is 0 Å². The topological polar surface area (TPSA) is 12.5 Å². The molecule has 2 heteroatoms. The van der Waals surface area contributed by atoms with Crippen molar-refractivity contribution in [3.63, 3.8) is 0 Å². The molecule has 0 amide bonds. The minimum atomic E-state index is 0.481. The van der Waals surface area contributed by atoms with Crippen LogP contribution in [0.4, 0.5) is 0 Å². The molecule has 2 atom stereocenters. The molecule has 0 aliphatic carbocycles. The van der Waals surface area contributed by atoms with E-state index in [4.69, 9.17) is 4.74 Å². The van der Waals surface area contributed by atoms with Gasteiger partial charge in [0, 0.05) is 24.4 Å². The lowest BCUT2D eigenvalue weighted by Gasteiger charge is -2.19. The van der Waals surface area contributed by atoms with Crippen LogP contribution in [0, 0.1) is 11.3 Å². The number of rotatable bonds is 0. The van der Waals surface area contributed by atoms with Gasteiger partial charge >= 0.3 is 0 Å². The van der Waals surface area contributed by atoms with E-state index in [0.29, 0.717) is 5.41 Å². The number of fused-ring (bicyclic) bond motifs is 1. The van der Waals surface area contributed by atoms with E-state index in [2.05, 4.69) is 18.9 Å². The fourth-order valence-corrected chi connectivity index (χ4v) is 2.26. The lowest BCUT2D eigenvalue weighted by molar-refractivity contribution is 0.141. The summed E-state index contributed by atoms with van der Waals surface area (Å²) >= 11 is 0. The third-order valence-electron chi connectivity index (χ3n) is 2.90. The lowest BCUT2D eigenvalue weighted by Crippen LogP contribution is -2.25. The molecule has 0 spiro atoms. The molecule has 58 valence electrons. The first-order chi connectivity index (χ1) is 4.71. The van der Waals surface area contributed by atoms with Gasteiger partial charge in [0.2, 0.25) is 0 Å². The van der Waals surface area contributed by atoms with Gasteiger partial charge in [0.15, 0.2) is 0 Å². The molecule has 2 heterocycles. The van der Waals surface area contributed by atoms with Gasteiger partial charge < -0.3 is 9.64 Å². The van der Waals surface area contributed by atoms with Crippen molar-refractivity contribution in [2.24, 2.45) is 11.3 Å². The maximum Gasteiger partial charge on any atom is 0.0536 e. The van der Waals surface area contributed by atoms with Gasteiger partial charge in [-0.05, 0) is 7.05 Å². The molecule has 0 bridgehead atoms. The first kappa shape index (κ1) is 6.62. The predicted octanol–water partition coefficient (Wildman–Crippen LogP) is 0.585. The van der Waals surface area contributed by atoms with Crippen molar-refractivity contribution in [3.05, 3.63) is 0 Å². The van der Waals surface area contributed by atoms with Gasteiger partial charge in [0.1, 0.15) is 0 Å². The van der Waals surface area contributed by atoms with E-state index in [9.17, 15) is 0 Å². The molecular weight excluding hydrogens is 126 g/mol. The van der Waals surface area contributed by atoms with Crippen LogP contribution in [-0.2, 0) is 4.74 Å². The van der Waals surface area contributed by atoms with Crippen molar-refractivity contribution >= 4 is 0 Å². The van der Waals surface area contributed by atoms with Crippen molar-refractivity contribution in [1.82, 2.24) is 4.90 Å². The van der Waals surface area contributed by atoms with Crippen LogP contribution in [-0.4, -0.2) is 38.3 Å². The summed E-state index contributed by atoms with van der Waals surface area (Å²) in [4.78, 5) is 2.41. The summed E-state index contributed by atoms with van der Waals surface area (Å²) in [6, 6.07) is 0. The second-order valence-corrected chi connectivity index (χ2v) is 4.06. The van der Waals surface area contributed by atoms with E-state index >= 15 is 0 Å². The van der Waals surface area contributed by atoms with Crippen LogP contribution in [0.1, 0.15) is 6.92 Å². The standard InChI is InChI=1S/C8H15NO/c1-8-5-9(2)3-7(8)4-10-6-8/h7H,3-6H2,1-2H3. The summed E-state index contributed by atoms with van der Waals surface area (Å²) in [5, 5.41) is 0. The first-order valence-corrected chi connectivity index (χ1v) is 3.97. The average Bonchev–Trinajstić information content (AvgIpc) is 2.20. The van der Waals surface area contributed by atoms with E-state index < -0.39 is 0 Å². The normalized spacial score (nSPS) is 48.0. The Morgan fingerprint density at radius 1 is 1.60 bits per heavy atom. The Bertz CT molecular complexity index is 148. The van der Waals surface area contributed by atoms with Gasteiger partial charge in [-0.25, -0.2) is 0 Å². The monoisotopic (exact) mass is 141 g/mol. The Hall–Kier alpha value is -0.0800. The molecule has 0 radical (unpaired) electrons. The predicted molar refractivity (Wildman–Crippen MR) is 39.9 cm³/mol. The minimum Gasteiger partial charge on any atom is -0.380 e. The molecule has 2 unspecified atom stereocenters. The summed E-state index contributed by atoms with van der Waals surface area (Å²) in [7, 11) is 2.20. The fourth-order valence-electron chi connectivity index (χ4n) is 2.26. The Labute approximate surface area is 62.2 Å². The Morgan fingerprint density at radius 2 is 2.40 bits per heavy atom. The summed E-state index contributed by atoms with van der Waals surface area (Å²) in [6.07, 6.45) is 0. The fraction of sp³-hybridized carbons (Fsp3) is 1.00. The number of ether oxygens (including phenoxy) is 1. The molecule has 0 aromatic rings. The number of likely N-dealkylation sites (tertiary alicyclic amines) is 1. The molecule has 2 fully saturated rings. The summed E-state index contributed by atoms with van der Waals surface area (Å²) in [6.45, 7) is 6.76. The molecular formula is C8H15NO. The van der Waals surface area contributed by atoms with Crippen LogP contribution >= 0.6 is 0 Å². The highest BCUT2D eigenvalue weighted by Gasteiger charge is 2.45. The van der Waals surface area contributed by atoms with Crippen LogP contribution in [0.15, 0.2) is 0 Å². The van der Waals surface area contributed by atoms with Gasteiger partial charge in [-0.3, -0.25) is 0 Å². The van der Waals surface area contributed by atoms with Crippen molar-refractivity contribution in [3.8, 4) is 0 Å². The molecule has 2 rings (SSSR count). The van der Waals surface area contributed by atoms with Crippen LogP contribution in [0.2, 0.25) is 0 Å². The van der Waals surface area contributed by atoms with Gasteiger partial charge in [-0.2, -0.15) is 0 Å². The smallest absolute Gasteiger partial charge is 0.0536 e. The highest BCUT2D eigenvalue weighted by Crippen LogP contribution is 2.39. The molecule has 0 saturated carbocycles. The SMILES string of the molecule is CN1CC2COCC2(C)C1. The van der Waals surface area contributed by atoms with Crippen LogP contribution in [0.5, 0.6) is 0 Å². The van der Waals surface area contributed by atoms with Crippen LogP contribution in [0.3, 0.4) is 0 Å². The molecule has 2 nitrogen and oxygen atoms in total. The number of hydrogen-bond donors (Lipinski definition) is 0. The Balaban J connectivity index is 2.15. The van der Waals surface area contributed by atoms with Crippen molar-refractivity contribution in [2.45, 2.75) is 6.92 Å². The van der Waals surface area contributed by atoms with Crippen molar-refractivity contribution in [2.75, 3.05) is 33.4 Å². The van der Waals surface area contributed by atoms with Gasteiger partial charge in [-0.15, -0.1) is 0 Å². The molecule has 2 aliphatic rings. The van der Waals surface area contributed by atoms with Crippen molar-refractivity contribution < 1.29 is 4.74 Å². The third-order valence-corrected chi connectivity index (χ3v) is 2.90. The molecule has 2 saturated heterocycles. The second-order valence-electron chi connectivity index (χ2n) is 4.06. The largest absolute Gasteiger partial charge is 0.380 e. The quantitative estimate of drug-likeness (QED) is 0.489. The van der Waals surface area contributed by atoms with Crippen LogP contribution < -0.4 is 0 Å². The summed E-state index contributed by atoms with van der Waals surface area (Å²) in [5.74, 6) is 0.803. The van der Waals surface area contributed by atoms with Gasteiger partial charge in [0.05, 0.1) is 13.2 Å². The Kier molecular flexibility index (Phi) is 1.29. The zero-order valence-corrected chi connectivity index (χ0v) is 6.76. The minimum absolute atomic E-state index is 0.481. The maximum atomic E-state index is 5.44. The lowest BCUT2D eigenvalue weighted by atomic mass is 9.83. The highest BCUT2D eigenvalue weighted by molar-refractivity contribution is 4.95. The zero-order valence-electron chi connectivity index (χ0n) is 6.76. The number of hydrogen-bond acceptors (Lipinski definition) is 2. The summed E-state index contributed by atoms with van der Waals surface area (Å²) < 4.78 is 5.44. The van der Waals surface area contributed by atoms with Crippen LogP contribution in [0.25, 0.3) is 0 Å². The maximum absolute atomic E-state index is 5.44. The van der Waals surface area contributed by atoms with Gasteiger partial charge in [0.25, 0.3) is 0 Å². The average molecular weight is 141 g/mol. The van der Waals surface area contributed by atoms with E-state index in [1.54, 1.807) is 0 Å². The van der Waals surface area contributed by atoms with E-state index in [-0.39, 0.29) is 0 Å². The zero-order chi connectivity index (χ0) is 7.19. The third kappa shape index (κ3) is 0.789. The van der Waals surface area contributed by atoms with E-state index in [1.165, 1.54) is 13.1 Å². The molecule has 2 aliphatic heterocycles.